The normalized spacial score (nSPS) is 31.4. The van der Waals surface area contributed by atoms with Crippen molar-refractivity contribution in [2.24, 2.45) is 17.3 Å². The fourth-order valence-electron chi connectivity index (χ4n) is 4.58. The Bertz CT molecular complexity index is 521. The molecule has 4 nitrogen and oxygen atoms in total. The molecule has 0 bridgehead atoms. The van der Waals surface area contributed by atoms with Gasteiger partial charge in [-0.15, -0.1) is 11.6 Å². The number of unbranched alkanes of at least 4 members (excludes halogenated alkanes) is 1. The third-order valence-corrected chi connectivity index (χ3v) is 7.19. The molecule has 27 heavy (non-hydrogen) atoms. The van der Waals surface area contributed by atoms with Crippen LogP contribution in [0.1, 0.15) is 71.1 Å². The largest absolute Gasteiger partial charge is 0.481 e. The number of aliphatic hydroxyl groups excluding tert-OH is 2. The van der Waals surface area contributed by atoms with Gasteiger partial charge in [-0.2, -0.15) is 0 Å². The van der Waals surface area contributed by atoms with Gasteiger partial charge in [0.25, 0.3) is 0 Å². The lowest BCUT2D eigenvalue weighted by Crippen LogP contribution is -2.40. The smallest absolute Gasteiger partial charge is 0.303 e. The summed E-state index contributed by atoms with van der Waals surface area (Å²) in [5.74, 6) is -0.570. The standard InChI is InChI=1S/C22H35ClO4/c1-2-22(13-8-14-22)20(25)11-7-10-17-16(18(23)15-19(17)24)9-5-3-4-6-12-21(26)27/h3,5,7,10,16-20,24-25H,2,4,6,8-9,11-15H2,1H3,(H,26,27)/b5-3-,10-7+/t16-,17-,18?,19-,20+/m1/s1. The van der Waals surface area contributed by atoms with Crippen molar-refractivity contribution in [1.82, 2.24) is 0 Å². The molecule has 0 radical (unpaired) electrons. The second-order valence-electron chi connectivity index (χ2n) is 8.30. The Hall–Kier alpha value is -0.840. The first kappa shape index (κ1) is 22.4. The van der Waals surface area contributed by atoms with Crippen LogP contribution in [0, 0.1) is 17.3 Å². The van der Waals surface area contributed by atoms with E-state index in [1.165, 1.54) is 6.42 Å². The fraction of sp³-hybridized carbons (Fsp3) is 0.773. The van der Waals surface area contributed by atoms with Crippen LogP contribution in [-0.2, 0) is 4.79 Å². The van der Waals surface area contributed by atoms with Crippen molar-refractivity contribution in [3.63, 3.8) is 0 Å². The molecule has 5 atom stereocenters. The van der Waals surface area contributed by atoms with Gasteiger partial charge in [-0.3, -0.25) is 4.79 Å². The van der Waals surface area contributed by atoms with Gasteiger partial charge in [0, 0.05) is 17.7 Å². The van der Waals surface area contributed by atoms with E-state index in [2.05, 4.69) is 19.1 Å². The van der Waals surface area contributed by atoms with Gasteiger partial charge in [0.05, 0.1) is 12.2 Å². The van der Waals surface area contributed by atoms with Crippen LogP contribution in [-0.4, -0.2) is 38.9 Å². The van der Waals surface area contributed by atoms with Crippen molar-refractivity contribution in [3.05, 3.63) is 24.3 Å². The van der Waals surface area contributed by atoms with Crippen LogP contribution in [0.25, 0.3) is 0 Å². The SMILES string of the molecule is CCC1([C@@H](O)C/C=C/[C@H]2[C@H](O)CC(Cl)[C@@H]2C/C=C\CCCC(=O)O)CCC1. The molecule has 0 aromatic carbocycles. The molecule has 0 aromatic rings. The van der Waals surface area contributed by atoms with Crippen molar-refractivity contribution in [2.75, 3.05) is 0 Å². The lowest BCUT2D eigenvalue weighted by Gasteiger charge is -2.45. The first-order valence-corrected chi connectivity index (χ1v) is 10.9. The number of aliphatic hydroxyl groups is 2. The Morgan fingerprint density at radius 1 is 1.30 bits per heavy atom. The van der Waals surface area contributed by atoms with E-state index >= 15 is 0 Å². The minimum atomic E-state index is -0.762. The van der Waals surface area contributed by atoms with Gasteiger partial charge in [0.1, 0.15) is 0 Å². The highest BCUT2D eigenvalue weighted by atomic mass is 35.5. The Labute approximate surface area is 168 Å². The highest BCUT2D eigenvalue weighted by Crippen LogP contribution is 2.47. The maximum atomic E-state index is 10.5. The molecule has 2 aliphatic rings. The van der Waals surface area contributed by atoms with Gasteiger partial charge in [0.2, 0.25) is 0 Å². The fourth-order valence-corrected chi connectivity index (χ4v) is 5.03. The summed E-state index contributed by atoms with van der Waals surface area (Å²) in [7, 11) is 0. The maximum absolute atomic E-state index is 10.5. The minimum absolute atomic E-state index is 0.0161. The highest BCUT2D eigenvalue weighted by molar-refractivity contribution is 6.21. The lowest BCUT2D eigenvalue weighted by atomic mass is 9.63. The van der Waals surface area contributed by atoms with Gasteiger partial charge in [-0.1, -0.05) is 37.6 Å². The van der Waals surface area contributed by atoms with E-state index in [0.717, 1.165) is 32.1 Å². The van der Waals surface area contributed by atoms with Crippen molar-refractivity contribution in [2.45, 2.75) is 88.7 Å². The summed E-state index contributed by atoms with van der Waals surface area (Å²) in [6.07, 6.45) is 15.5. The zero-order chi connectivity index (χ0) is 19.9. The summed E-state index contributed by atoms with van der Waals surface area (Å²) in [5.41, 5.74) is 0.103. The number of rotatable bonds is 11. The number of carboxylic acids is 1. The Morgan fingerprint density at radius 2 is 2.04 bits per heavy atom. The Balaban J connectivity index is 1.83. The number of carboxylic acid groups (broad SMARTS) is 1. The lowest BCUT2D eigenvalue weighted by molar-refractivity contribution is -0.137. The molecule has 154 valence electrons. The van der Waals surface area contributed by atoms with Crippen LogP contribution in [0.5, 0.6) is 0 Å². The van der Waals surface area contributed by atoms with E-state index in [9.17, 15) is 15.0 Å². The molecule has 0 heterocycles. The van der Waals surface area contributed by atoms with Gasteiger partial charge in [0.15, 0.2) is 0 Å². The average Bonchev–Trinajstić information content (AvgIpc) is 2.84. The first-order valence-electron chi connectivity index (χ1n) is 10.4. The third-order valence-electron chi connectivity index (χ3n) is 6.68. The maximum Gasteiger partial charge on any atom is 0.303 e. The number of allylic oxidation sites excluding steroid dienone is 2. The molecule has 2 aliphatic carbocycles. The van der Waals surface area contributed by atoms with Gasteiger partial charge in [-0.25, -0.2) is 0 Å². The molecule has 2 fully saturated rings. The van der Waals surface area contributed by atoms with Gasteiger partial charge >= 0.3 is 5.97 Å². The van der Waals surface area contributed by atoms with Crippen LogP contribution in [0.4, 0.5) is 0 Å². The monoisotopic (exact) mass is 398 g/mol. The zero-order valence-corrected chi connectivity index (χ0v) is 17.2. The quantitative estimate of drug-likeness (QED) is 0.268. The van der Waals surface area contributed by atoms with Crippen molar-refractivity contribution >= 4 is 17.6 Å². The number of hydrogen-bond donors (Lipinski definition) is 3. The predicted octanol–water partition coefficient (Wildman–Crippen LogP) is 4.68. The predicted molar refractivity (Wildman–Crippen MR) is 109 cm³/mol. The van der Waals surface area contributed by atoms with Crippen LogP contribution in [0.2, 0.25) is 0 Å². The molecule has 0 amide bonds. The second-order valence-corrected chi connectivity index (χ2v) is 8.86. The van der Waals surface area contributed by atoms with Crippen LogP contribution < -0.4 is 0 Å². The van der Waals surface area contributed by atoms with E-state index in [0.29, 0.717) is 19.3 Å². The first-order chi connectivity index (χ1) is 12.9. The molecule has 3 N–H and O–H groups in total. The highest BCUT2D eigenvalue weighted by Gasteiger charge is 2.42. The van der Waals surface area contributed by atoms with Crippen molar-refractivity contribution in [1.29, 1.82) is 0 Å². The summed E-state index contributed by atoms with van der Waals surface area (Å²) >= 11 is 6.46. The molecule has 2 rings (SSSR count). The van der Waals surface area contributed by atoms with E-state index < -0.39 is 12.1 Å². The summed E-state index contributed by atoms with van der Waals surface area (Å²) < 4.78 is 0. The minimum Gasteiger partial charge on any atom is -0.481 e. The molecule has 0 aliphatic heterocycles. The molecule has 2 saturated carbocycles. The van der Waals surface area contributed by atoms with Crippen molar-refractivity contribution < 1.29 is 20.1 Å². The summed E-state index contributed by atoms with van der Waals surface area (Å²) in [4.78, 5) is 10.5. The third kappa shape index (κ3) is 6.07. The molecule has 1 unspecified atom stereocenters. The molecule has 0 aromatic heterocycles. The van der Waals surface area contributed by atoms with E-state index in [1.54, 1.807) is 0 Å². The number of hydrogen-bond acceptors (Lipinski definition) is 3. The Kier molecular flexibility index (Phi) is 8.84. The summed E-state index contributed by atoms with van der Waals surface area (Å²) in [6, 6.07) is 0. The van der Waals surface area contributed by atoms with Crippen LogP contribution in [0.3, 0.4) is 0 Å². The summed E-state index contributed by atoms with van der Waals surface area (Å²) in [5, 5.41) is 29.5. The van der Waals surface area contributed by atoms with Crippen LogP contribution in [0.15, 0.2) is 24.3 Å². The van der Waals surface area contributed by atoms with Gasteiger partial charge < -0.3 is 15.3 Å². The average molecular weight is 399 g/mol. The zero-order valence-electron chi connectivity index (χ0n) is 16.4. The number of aliphatic carboxylic acids is 1. The van der Waals surface area contributed by atoms with E-state index in [4.69, 9.17) is 16.7 Å². The van der Waals surface area contributed by atoms with E-state index in [1.807, 2.05) is 12.2 Å². The molecular formula is C22H35ClO4. The van der Waals surface area contributed by atoms with Crippen molar-refractivity contribution in [3.8, 4) is 0 Å². The Morgan fingerprint density at radius 3 is 2.63 bits per heavy atom. The summed E-state index contributed by atoms with van der Waals surface area (Å²) in [6.45, 7) is 2.16. The van der Waals surface area contributed by atoms with E-state index in [-0.39, 0.29) is 35.2 Å². The number of carbonyl (C=O) groups is 1. The number of alkyl halides is 1. The van der Waals surface area contributed by atoms with Gasteiger partial charge in [-0.05, 0) is 62.7 Å². The molecular weight excluding hydrogens is 364 g/mol. The molecule has 0 spiro atoms. The second kappa shape index (κ2) is 10.6. The topological polar surface area (TPSA) is 77.8 Å². The number of halogens is 1. The molecule has 5 heteroatoms. The molecule has 0 saturated heterocycles. The van der Waals surface area contributed by atoms with Crippen LogP contribution >= 0.6 is 11.6 Å².